The van der Waals surface area contributed by atoms with E-state index in [-0.39, 0.29) is 29.3 Å². The van der Waals surface area contributed by atoms with E-state index in [4.69, 9.17) is 9.47 Å². The van der Waals surface area contributed by atoms with Gasteiger partial charge in [-0.25, -0.2) is 0 Å². The fraction of sp³-hybridized carbons (Fsp3) is 0.300. The average molecular weight is 469 g/mol. The van der Waals surface area contributed by atoms with E-state index >= 15 is 0 Å². The number of amides is 1. The molecule has 2 aliphatic rings. The molecule has 4 atom stereocenters. The summed E-state index contributed by atoms with van der Waals surface area (Å²) >= 11 is 0. The van der Waals surface area contributed by atoms with Gasteiger partial charge in [0.2, 0.25) is 5.91 Å². The molecule has 180 valence electrons. The van der Waals surface area contributed by atoms with Gasteiger partial charge in [0.05, 0.1) is 26.2 Å². The first-order valence-corrected chi connectivity index (χ1v) is 12.0. The standard InChI is InChI=1S/C30H32N2O3/c1-19(2)30(3)18-26(31-25-16-15-23(35-5)17-24(25)30)28-27(20-9-7-6-8-10-20)29(33)32(28)21-11-13-22(34-4)14-12-21/h6-17,26-28,31H,1,18H2,2-5H3/t26-,27-,28+,30+/m1/s1. The number of ether oxygens (including phenoxy) is 2. The molecule has 1 N–H and O–H groups in total. The van der Waals surface area contributed by atoms with Crippen LogP contribution in [0.1, 0.15) is 37.3 Å². The molecule has 0 saturated carbocycles. The first kappa shape index (κ1) is 23.0. The maximum absolute atomic E-state index is 13.6. The number of methoxy groups -OCH3 is 2. The van der Waals surface area contributed by atoms with Crippen molar-refractivity contribution in [2.24, 2.45) is 0 Å². The zero-order chi connectivity index (χ0) is 24.7. The van der Waals surface area contributed by atoms with Crippen LogP contribution in [0.2, 0.25) is 0 Å². The van der Waals surface area contributed by atoms with Crippen molar-refractivity contribution in [2.45, 2.75) is 43.7 Å². The first-order valence-electron chi connectivity index (χ1n) is 12.0. The van der Waals surface area contributed by atoms with Crippen LogP contribution in [0.25, 0.3) is 0 Å². The van der Waals surface area contributed by atoms with Gasteiger partial charge in [-0.15, -0.1) is 0 Å². The molecule has 5 nitrogen and oxygen atoms in total. The minimum atomic E-state index is -0.259. The summed E-state index contributed by atoms with van der Waals surface area (Å²) in [6.45, 7) is 8.71. The van der Waals surface area contributed by atoms with Crippen LogP contribution >= 0.6 is 0 Å². The lowest BCUT2D eigenvalue weighted by atomic mass is 9.65. The molecule has 2 heterocycles. The highest BCUT2D eigenvalue weighted by atomic mass is 16.5. The lowest BCUT2D eigenvalue weighted by molar-refractivity contribution is -0.126. The van der Waals surface area contributed by atoms with Crippen LogP contribution in [0.5, 0.6) is 11.5 Å². The number of hydrogen-bond acceptors (Lipinski definition) is 4. The van der Waals surface area contributed by atoms with Crippen LogP contribution in [0.15, 0.2) is 84.9 Å². The molecular formula is C30H32N2O3. The van der Waals surface area contributed by atoms with Crippen LogP contribution in [0, 0.1) is 0 Å². The van der Waals surface area contributed by atoms with Crippen molar-refractivity contribution < 1.29 is 14.3 Å². The van der Waals surface area contributed by atoms with Crippen molar-refractivity contribution in [2.75, 3.05) is 24.4 Å². The topological polar surface area (TPSA) is 50.8 Å². The van der Waals surface area contributed by atoms with E-state index < -0.39 is 0 Å². The van der Waals surface area contributed by atoms with Gasteiger partial charge in [-0.3, -0.25) is 4.79 Å². The molecule has 0 radical (unpaired) electrons. The number of nitrogens with zero attached hydrogens (tertiary/aromatic N) is 1. The Kier molecular flexibility index (Phi) is 5.79. The summed E-state index contributed by atoms with van der Waals surface area (Å²) in [6.07, 6.45) is 0.816. The van der Waals surface area contributed by atoms with E-state index in [1.165, 1.54) is 5.56 Å². The normalized spacial score (nSPS) is 25.2. The second-order valence-electron chi connectivity index (χ2n) is 9.76. The molecule has 0 unspecified atom stereocenters. The van der Waals surface area contributed by atoms with Crippen LogP contribution in [0.3, 0.4) is 0 Å². The van der Waals surface area contributed by atoms with Gasteiger partial charge in [-0.2, -0.15) is 0 Å². The summed E-state index contributed by atoms with van der Waals surface area (Å²) in [4.78, 5) is 15.6. The lowest BCUT2D eigenvalue weighted by Crippen LogP contribution is -2.67. The second-order valence-corrected chi connectivity index (χ2v) is 9.76. The number of fused-ring (bicyclic) bond motifs is 1. The van der Waals surface area contributed by atoms with Crippen LogP contribution in [0.4, 0.5) is 11.4 Å². The summed E-state index contributed by atoms with van der Waals surface area (Å²) in [5, 5.41) is 3.79. The Morgan fingerprint density at radius 3 is 2.29 bits per heavy atom. The van der Waals surface area contributed by atoms with E-state index in [9.17, 15) is 4.79 Å². The van der Waals surface area contributed by atoms with Crippen molar-refractivity contribution in [3.05, 3.63) is 96.1 Å². The van der Waals surface area contributed by atoms with Crippen LogP contribution in [-0.4, -0.2) is 32.2 Å². The number of allylic oxidation sites excluding steroid dienone is 1. The highest BCUT2D eigenvalue weighted by molar-refractivity contribution is 6.07. The quantitative estimate of drug-likeness (QED) is 0.360. The molecule has 1 amide bonds. The number of hydrogen-bond donors (Lipinski definition) is 1. The Bertz CT molecular complexity index is 1250. The predicted molar refractivity (Wildman–Crippen MR) is 141 cm³/mol. The minimum absolute atomic E-state index is 0.0302. The molecule has 3 aromatic carbocycles. The maximum Gasteiger partial charge on any atom is 0.237 e. The molecule has 35 heavy (non-hydrogen) atoms. The van der Waals surface area contributed by atoms with E-state index in [1.54, 1.807) is 14.2 Å². The average Bonchev–Trinajstić information content (AvgIpc) is 2.88. The maximum atomic E-state index is 13.6. The Balaban J connectivity index is 1.58. The van der Waals surface area contributed by atoms with Crippen molar-refractivity contribution in [1.82, 2.24) is 0 Å². The van der Waals surface area contributed by atoms with Crippen LogP contribution < -0.4 is 19.7 Å². The molecule has 0 aliphatic carbocycles. The summed E-state index contributed by atoms with van der Waals surface area (Å²) in [7, 11) is 3.34. The molecule has 0 bridgehead atoms. The fourth-order valence-corrected chi connectivity index (χ4v) is 5.61. The van der Waals surface area contributed by atoms with Crippen LogP contribution in [-0.2, 0) is 10.2 Å². The summed E-state index contributed by atoms with van der Waals surface area (Å²) < 4.78 is 10.9. The zero-order valence-electron chi connectivity index (χ0n) is 20.7. The van der Waals surface area contributed by atoms with Crippen molar-refractivity contribution in [3.8, 4) is 11.5 Å². The molecule has 3 aromatic rings. The van der Waals surface area contributed by atoms with Gasteiger partial charge in [0.1, 0.15) is 11.5 Å². The summed E-state index contributed by atoms with van der Waals surface area (Å²) in [5.74, 6) is 1.50. The van der Waals surface area contributed by atoms with Gasteiger partial charge >= 0.3 is 0 Å². The molecule has 1 fully saturated rings. The van der Waals surface area contributed by atoms with E-state index in [0.717, 1.165) is 40.4 Å². The van der Waals surface area contributed by atoms with E-state index in [1.807, 2.05) is 53.4 Å². The Morgan fingerprint density at radius 1 is 1.00 bits per heavy atom. The summed E-state index contributed by atoms with van der Waals surface area (Å²) in [6, 6.07) is 24.0. The van der Waals surface area contributed by atoms with Gasteiger partial charge in [0.15, 0.2) is 0 Å². The van der Waals surface area contributed by atoms with Gasteiger partial charge in [0.25, 0.3) is 0 Å². The number of benzene rings is 3. The molecule has 2 aliphatic heterocycles. The van der Waals surface area contributed by atoms with Gasteiger partial charge < -0.3 is 19.7 Å². The predicted octanol–water partition coefficient (Wildman–Crippen LogP) is 5.92. The van der Waals surface area contributed by atoms with Crippen molar-refractivity contribution >= 4 is 17.3 Å². The lowest BCUT2D eigenvalue weighted by Gasteiger charge is -2.54. The Morgan fingerprint density at radius 2 is 1.66 bits per heavy atom. The monoisotopic (exact) mass is 468 g/mol. The number of β-lactam (4-membered cyclic amide) rings is 1. The molecule has 0 spiro atoms. The molecule has 1 saturated heterocycles. The van der Waals surface area contributed by atoms with Gasteiger partial charge in [-0.05, 0) is 66.9 Å². The number of anilines is 2. The number of carbonyl (C=O) groups is 1. The van der Waals surface area contributed by atoms with Gasteiger partial charge in [0, 0.05) is 22.8 Å². The second kappa shape index (κ2) is 8.81. The highest BCUT2D eigenvalue weighted by Gasteiger charge is 2.55. The number of rotatable bonds is 6. The van der Waals surface area contributed by atoms with Crippen molar-refractivity contribution in [3.63, 3.8) is 0 Å². The third-order valence-corrected chi connectivity index (χ3v) is 7.80. The van der Waals surface area contributed by atoms with E-state index in [2.05, 4.69) is 50.0 Å². The molecule has 5 heteroatoms. The van der Waals surface area contributed by atoms with E-state index in [0.29, 0.717) is 0 Å². The first-order chi connectivity index (χ1) is 16.9. The third-order valence-electron chi connectivity index (χ3n) is 7.80. The SMILES string of the molecule is C=C(C)[C@]1(C)C[C@H]([C@H]2[C@@H](c3ccccc3)C(=O)N2c2ccc(OC)cc2)Nc2ccc(OC)cc21. The highest BCUT2D eigenvalue weighted by Crippen LogP contribution is 2.50. The van der Waals surface area contributed by atoms with Gasteiger partial charge in [-0.1, -0.05) is 49.4 Å². The molecule has 0 aromatic heterocycles. The molecular weight excluding hydrogens is 436 g/mol. The zero-order valence-corrected chi connectivity index (χ0v) is 20.7. The smallest absolute Gasteiger partial charge is 0.237 e. The Hall–Kier alpha value is -3.73. The number of carbonyl (C=O) groups excluding carboxylic acids is 1. The fourth-order valence-electron chi connectivity index (χ4n) is 5.61. The minimum Gasteiger partial charge on any atom is -0.497 e. The van der Waals surface area contributed by atoms with Crippen molar-refractivity contribution in [1.29, 1.82) is 0 Å². The molecule has 5 rings (SSSR count). The summed E-state index contributed by atoms with van der Waals surface area (Å²) in [5.41, 5.74) is 5.01. The Labute approximate surface area is 207 Å². The number of nitrogens with one attached hydrogen (secondary N) is 1. The largest absolute Gasteiger partial charge is 0.497 e. The third kappa shape index (κ3) is 3.75.